The second-order valence-electron chi connectivity index (χ2n) is 6.50. The molecule has 0 radical (unpaired) electrons. The number of carbonyl (C=O) groups is 2. The van der Waals surface area contributed by atoms with Gasteiger partial charge in [-0.2, -0.15) is 0 Å². The summed E-state index contributed by atoms with van der Waals surface area (Å²) in [5.74, 6) is 0.0385. The van der Waals surface area contributed by atoms with Crippen LogP contribution in [0.4, 0.5) is 5.82 Å². The highest BCUT2D eigenvalue weighted by molar-refractivity contribution is 6.34. The molecule has 2 aromatic rings. The standard InChI is InChI=1S/C20H16Cl2N2O3/c21-13-7-5-12(6-8-13)11-27-17-10-23-18(9-16(17)22)24-19(25)14-3-1-2-4-15(14)20(24)26/h5-10H,1-4,11H2. The first-order chi connectivity index (χ1) is 13.0. The number of imide groups is 1. The van der Waals surface area contributed by atoms with Gasteiger partial charge in [0.25, 0.3) is 11.8 Å². The Labute approximate surface area is 166 Å². The Hall–Kier alpha value is -2.37. The highest BCUT2D eigenvalue weighted by Gasteiger charge is 2.40. The van der Waals surface area contributed by atoms with Gasteiger partial charge in [0.1, 0.15) is 12.4 Å². The van der Waals surface area contributed by atoms with Crippen LogP contribution in [0.15, 0.2) is 47.7 Å². The van der Waals surface area contributed by atoms with Crippen LogP contribution < -0.4 is 9.64 Å². The summed E-state index contributed by atoms with van der Waals surface area (Å²) in [6.07, 6.45) is 4.58. The third-order valence-electron chi connectivity index (χ3n) is 4.73. The lowest BCUT2D eigenvalue weighted by atomic mass is 9.93. The second kappa shape index (κ2) is 7.33. The molecule has 0 saturated heterocycles. The van der Waals surface area contributed by atoms with Gasteiger partial charge in [0, 0.05) is 22.2 Å². The Morgan fingerprint density at radius 2 is 1.63 bits per heavy atom. The summed E-state index contributed by atoms with van der Waals surface area (Å²) in [5.41, 5.74) is 2.17. The number of pyridine rings is 1. The third kappa shape index (κ3) is 3.45. The average molecular weight is 403 g/mol. The first-order valence-electron chi connectivity index (χ1n) is 8.68. The van der Waals surface area contributed by atoms with Crippen LogP contribution in [0.1, 0.15) is 31.2 Å². The van der Waals surface area contributed by atoms with Gasteiger partial charge in [-0.05, 0) is 43.4 Å². The van der Waals surface area contributed by atoms with Gasteiger partial charge in [-0.25, -0.2) is 9.88 Å². The molecule has 138 valence electrons. The molecule has 27 heavy (non-hydrogen) atoms. The van der Waals surface area contributed by atoms with Crippen LogP contribution in [0.2, 0.25) is 10.0 Å². The van der Waals surface area contributed by atoms with Gasteiger partial charge in [-0.3, -0.25) is 9.59 Å². The first kappa shape index (κ1) is 18.0. The van der Waals surface area contributed by atoms with Crippen molar-refractivity contribution in [1.82, 2.24) is 4.98 Å². The molecule has 2 heterocycles. The highest BCUT2D eigenvalue weighted by atomic mass is 35.5. The van der Waals surface area contributed by atoms with Gasteiger partial charge in [-0.15, -0.1) is 0 Å². The lowest BCUT2D eigenvalue weighted by Crippen LogP contribution is -2.32. The van der Waals surface area contributed by atoms with E-state index in [2.05, 4.69) is 4.98 Å². The van der Waals surface area contributed by atoms with Crippen LogP contribution in [0.3, 0.4) is 0 Å². The Balaban J connectivity index is 1.51. The molecule has 1 aromatic heterocycles. The number of benzene rings is 1. The van der Waals surface area contributed by atoms with Crippen molar-refractivity contribution in [3.8, 4) is 5.75 Å². The summed E-state index contributed by atoms with van der Waals surface area (Å²) < 4.78 is 5.69. The summed E-state index contributed by atoms with van der Waals surface area (Å²) in [4.78, 5) is 30.6. The van der Waals surface area contributed by atoms with E-state index in [1.54, 1.807) is 12.1 Å². The molecule has 4 rings (SSSR count). The molecule has 1 aliphatic heterocycles. The largest absolute Gasteiger partial charge is 0.486 e. The van der Waals surface area contributed by atoms with Crippen molar-refractivity contribution in [2.45, 2.75) is 32.3 Å². The summed E-state index contributed by atoms with van der Waals surface area (Å²) in [6.45, 7) is 0.301. The molecule has 0 atom stereocenters. The predicted octanol–water partition coefficient (Wildman–Crippen LogP) is 4.71. The minimum atomic E-state index is -0.284. The van der Waals surface area contributed by atoms with E-state index in [1.807, 2.05) is 12.1 Å². The topological polar surface area (TPSA) is 59.5 Å². The summed E-state index contributed by atoms with van der Waals surface area (Å²) >= 11 is 12.2. The van der Waals surface area contributed by atoms with Gasteiger partial charge in [0.05, 0.1) is 11.2 Å². The smallest absolute Gasteiger partial charge is 0.262 e. The summed E-state index contributed by atoms with van der Waals surface area (Å²) in [6, 6.07) is 8.77. The molecule has 1 aliphatic carbocycles. The Bertz CT molecular complexity index is 926. The summed E-state index contributed by atoms with van der Waals surface area (Å²) in [5, 5.41) is 0.943. The quantitative estimate of drug-likeness (QED) is 0.694. The number of carbonyl (C=O) groups excluding carboxylic acids is 2. The van der Waals surface area contributed by atoms with Gasteiger partial charge >= 0.3 is 0 Å². The monoisotopic (exact) mass is 402 g/mol. The van der Waals surface area contributed by atoms with Crippen molar-refractivity contribution in [1.29, 1.82) is 0 Å². The molecule has 5 nitrogen and oxygen atoms in total. The number of hydrogen-bond acceptors (Lipinski definition) is 4. The van der Waals surface area contributed by atoms with E-state index in [-0.39, 0.29) is 17.6 Å². The van der Waals surface area contributed by atoms with Crippen LogP contribution in [-0.2, 0) is 16.2 Å². The fourth-order valence-corrected chi connectivity index (χ4v) is 3.65. The van der Waals surface area contributed by atoms with Crippen LogP contribution in [0, 0.1) is 0 Å². The van der Waals surface area contributed by atoms with Crippen molar-refractivity contribution in [3.63, 3.8) is 0 Å². The SMILES string of the molecule is O=C1C2=C(CCCC2)C(=O)N1c1cc(Cl)c(OCc2ccc(Cl)cc2)cn1. The number of aromatic nitrogens is 1. The predicted molar refractivity (Wildman–Crippen MR) is 103 cm³/mol. The van der Waals surface area contributed by atoms with Crippen molar-refractivity contribution in [2.75, 3.05) is 4.90 Å². The number of ether oxygens (including phenoxy) is 1. The van der Waals surface area contributed by atoms with Crippen LogP contribution in [0.5, 0.6) is 5.75 Å². The number of halogens is 2. The molecule has 0 fully saturated rings. The minimum Gasteiger partial charge on any atom is -0.486 e. The van der Waals surface area contributed by atoms with Crippen LogP contribution in [0.25, 0.3) is 0 Å². The maximum absolute atomic E-state index is 12.6. The van der Waals surface area contributed by atoms with E-state index >= 15 is 0 Å². The summed E-state index contributed by atoms with van der Waals surface area (Å²) in [7, 11) is 0. The van der Waals surface area contributed by atoms with Crippen LogP contribution >= 0.6 is 23.2 Å². The normalized spacial score (nSPS) is 16.7. The zero-order valence-corrected chi connectivity index (χ0v) is 15.9. The van der Waals surface area contributed by atoms with E-state index in [0.29, 0.717) is 46.4 Å². The van der Waals surface area contributed by atoms with Crippen molar-refractivity contribution < 1.29 is 14.3 Å². The number of rotatable bonds is 4. The Morgan fingerprint density at radius 3 is 2.22 bits per heavy atom. The minimum absolute atomic E-state index is 0.225. The van der Waals surface area contributed by atoms with E-state index in [1.165, 1.54) is 12.3 Å². The number of hydrogen-bond donors (Lipinski definition) is 0. The maximum atomic E-state index is 12.6. The van der Waals surface area contributed by atoms with Crippen molar-refractivity contribution in [3.05, 3.63) is 63.3 Å². The molecule has 7 heteroatoms. The molecule has 1 aromatic carbocycles. The lowest BCUT2D eigenvalue weighted by molar-refractivity contribution is -0.120. The van der Waals surface area contributed by atoms with Gasteiger partial charge in [-0.1, -0.05) is 35.3 Å². The molecule has 2 amide bonds. The number of nitrogens with zero attached hydrogens (tertiary/aromatic N) is 2. The van der Waals surface area contributed by atoms with E-state index in [4.69, 9.17) is 27.9 Å². The van der Waals surface area contributed by atoms with Crippen molar-refractivity contribution >= 4 is 40.8 Å². The van der Waals surface area contributed by atoms with E-state index in [0.717, 1.165) is 23.3 Å². The van der Waals surface area contributed by atoms with E-state index in [9.17, 15) is 9.59 Å². The molecule has 0 bridgehead atoms. The lowest BCUT2D eigenvalue weighted by Gasteiger charge is -2.15. The fourth-order valence-electron chi connectivity index (χ4n) is 3.33. The maximum Gasteiger partial charge on any atom is 0.262 e. The Morgan fingerprint density at radius 1 is 1.00 bits per heavy atom. The first-order valence-corrected chi connectivity index (χ1v) is 9.44. The molecule has 0 spiro atoms. The highest BCUT2D eigenvalue weighted by Crippen LogP contribution is 2.36. The third-order valence-corrected chi connectivity index (χ3v) is 5.28. The molecule has 0 unspecified atom stereocenters. The molecule has 2 aliphatic rings. The molecule has 0 N–H and O–H groups in total. The van der Waals surface area contributed by atoms with Gasteiger partial charge < -0.3 is 4.74 Å². The average Bonchev–Trinajstić information content (AvgIpc) is 2.93. The van der Waals surface area contributed by atoms with Crippen LogP contribution in [-0.4, -0.2) is 16.8 Å². The van der Waals surface area contributed by atoms with Crippen molar-refractivity contribution in [2.24, 2.45) is 0 Å². The zero-order valence-electron chi connectivity index (χ0n) is 14.4. The Kier molecular flexibility index (Phi) is 4.89. The fraction of sp³-hybridized carbons (Fsp3) is 0.250. The van der Waals surface area contributed by atoms with Gasteiger partial charge in [0.2, 0.25) is 0 Å². The number of anilines is 1. The molecular formula is C20H16Cl2N2O3. The van der Waals surface area contributed by atoms with E-state index < -0.39 is 0 Å². The number of amides is 2. The second-order valence-corrected chi connectivity index (χ2v) is 7.34. The van der Waals surface area contributed by atoms with Gasteiger partial charge in [0.15, 0.2) is 5.75 Å². The molecular weight excluding hydrogens is 387 g/mol. The zero-order chi connectivity index (χ0) is 19.0. The molecule has 0 saturated carbocycles.